The lowest BCUT2D eigenvalue weighted by molar-refractivity contribution is -0.131. The van der Waals surface area contributed by atoms with Crippen LogP contribution in [0.2, 0.25) is 0 Å². The number of amidine groups is 1. The molecule has 0 atom stereocenters. The molecule has 1 saturated carbocycles. The Hall–Kier alpha value is -4.40. The smallest absolute Gasteiger partial charge is 0.256 e. The van der Waals surface area contributed by atoms with Crippen LogP contribution < -0.4 is 4.74 Å². The largest absolute Gasteiger partial charge is 0.497 e. The van der Waals surface area contributed by atoms with Gasteiger partial charge in [0.2, 0.25) is 5.82 Å². The number of H-pyrrole nitrogens is 1. The molecule has 1 aliphatic heterocycles. The van der Waals surface area contributed by atoms with Crippen molar-refractivity contribution < 1.29 is 9.53 Å². The summed E-state index contributed by atoms with van der Waals surface area (Å²) in [5.74, 6) is 2.40. The van der Waals surface area contributed by atoms with Crippen molar-refractivity contribution in [3.8, 4) is 39.5 Å². The zero-order valence-electron chi connectivity index (χ0n) is 22.9. The van der Waals surface area contributed by atoms with Crippen LogP contribution >= 0.6 is 0 Å². The molecule has 1 N–H and O–H groups in total. The number of hydrogen-bond acceptors (Lipinski definition) is 7. The molecule has 0 bridgehead atoms. The van der Waals surface area contributed by atoms with Crippen molar-refractivity contribution in [3.63, 3.8) is 0 Å². The summed E-state index contributed by atoms with van der Waals surface area (Å²) in [5, 5.41) is 14.8. The number of aromatic amines is 1. The molecular formula is C31H33N7O2. The number of carbonyl (C=O) groups is 1. The van der Waals surface area contributed by atoms with E-state index in [9.17, 15) is 4.79 Å². The van der Waals surface area contributed by atoms with Crippen molar-refractivity contribution in [2.24, 2.45) is 4.99 Å². The number of carbonyl (C=O) groups excluding carboxylic acids is 1. The zero-order valence-corrected chi connectivity index (χ0v) is 22.9. The Kier molecular flexibility index (Phi) is 7.11. The first-order valence-corrected chi connectivity index (χ1v) is 14.0. The maximum absolute atomic E-state index is 13.6. The van der Waals surface area contributed by atoms with Crippen molar-refractivity contribution in [1.82, 2.24) is 30.5 Å². The van der Waals surface area contributed by atoms with Crippen LogP contribution in [0.1, 0.15) is 57.4 Å². The Balaban J connectivity index is 1.31. The molecule has 9 heteroatoms. The molecule has 40 heavy (non-hydrogen) atoms. The molecule has 1 spiro atoms. The Morgan fingerprint density at radius 3 is 2.52 bits per heavy atom. The first-order valence-electron chi connectivity index (χ1n) is 14.0. The number of amides is 1. The Bertz CT molecular complexity index is 1520. The Labute approximate surface area is 233 Å². The number of nitrogens with zero attached hydrogens (tertiary/aromatic N) is 6. The molecule has 0 radical (unpaired) electrons. The topological polar surface area (TPSA) is 109 Å². The molecule has 2 aliphatic rings. The number of aromatic nitrogens is 5. The van der Waals surface area contributed by atoms with E-state index in [2.05, 4.69) is 62.9 Å². The van der Waals surface area contributed by atoms with Gasteiger partial charge in [0.05, 0.1) is 19.3 Å². The highest BCUT2D eigenvalue weighted by atomic mass is 16.5. The molecule has 9 nitrogen and oxygen atoms in total. The van der Waals surface area contributed by atoms with E-state index < -0.39 is 5.54 Å². The van der Waals surface area contributed by atoms with Crippen LogP contribution in [-0.4, -0.2) is 54.9 Å². The average molecular weight is 536 g/mol. The molecule has 6 rings (SSSR count). The van der Waals surface area contributed by atoms with Gasteiger partial charge >= 0.3 is 0 Å². The molecule has 3 heterocycles. The minimum absolute atomic E-state index is 0.179. The van der Waals surface area contributed by atoms with E-state index in [0.29, 0.717) is 12.4 Å². The third kappa shape index (κ3) is 4.87. The number of rotatable bonds is 9. The summed E-state index contributed by atoms with van der Waals surface area (Å²) in [6.07, 6.45) is 8.59. The highest BCUT2D eigenvalue weighted by Gasteiger charge is 2.49. The van der Waals surface area contributed by atoms with E-state index in [4.69, 9.17) is 9.73 Å². The Morgan fingerprint density at radius 2 is 1.80 bits per heavy atom. The summed E-state index contributed by atoms with van der Waals surface area (Å²) >= 11 is 0. The third-order valence-corrected chi connectivity index (χ3v) is 7.96. The number of pyridine rings is 1. The number of ether oxygens (including phenoxy) is 1. The summed E-state index contributed by atoms with van der Waals surface area (Å²) in [6.45, 7) is 2.71. The van der Waals surface area contributed by atoms with E-state index in [1.165, 1.54) is 0 Å². The van der Waals surface area contributed by atoms with E-state index in [1.54, 1.807) is 13.3 Å². The van der Waals surface area contributed by atoms with E-state index in [0.717, 1.165) is 90.0 Å². The molecule has 2 aromatic carbocycles. The maximum Gasteiger partial charge on any atom is 0.256 e. The first-order chi connectivity index (χ1) is 19.6. The van der Waals surface area contributed by atoms with Crippen molar-refractivity contribution in [3.05, 3.63) is 66.4 Å². The highest BCUT2D eigenvalue weighted by Crippen LogP contribution is 2.40. The second kappa shape index (κ2) is 11.0. The van der Waals surface area contributed by atoms with E-state index in [1.807, 2.05) is 29.2 Å². The summed E-state index contributed by atoms with van der Waals surface area (Å²) in [7, 11) is 1.65. The standard InChI is InChI=1S/C31H33N7O2/c1-3-4-7-28-33-31(15-5-6-16-31)30(39)38(28)20-21-8-10-22(11-9-21)26-18-23(27-19-24(40-2)14-17-32-27)12-13-25(26)29-34-36-37-35-29/h8-14,17-19H,3-7,15-16,20H2,1-2H3,(H,34,35,36,37). The predicted molar refractivity (Wildman–Crippen MR) is 154 cm³/mol. The summed E-state index contributed by atoms with van der Waals surface area (Å²) < 4.78 is 5.40. The molecule has 1 amide bonds. The molecule has 0 saturated heterocycles. The van der Waals surface area contributed by atoms with Gasteiger partial charge in [-0.25, -0.2) is 0 Å². The van der Waals surface area contributed by atoms with Crippen LogP contribution in [0.5, 0.6) is 5.75 Å². The summed E-state index contributed by atoms with van der Waals surface area (Å²) in [4.78, 5) is 25.1. The molecule has 1 fully saturated rings. The second-order valence-corrected chi connectivity index (χ2v) is 10.5. The summed E-state index contributed by atoms with van der Waals surface area (Å²) in [5.41, 5.74) is 5.14. The van der Waals surface area contributed by atoms with E-state index >= 15 is 0 Å². The van der Waals surface area contributed by atoms with Crippen molar-refractivity contribution >= 4 is 11.7 Å². The number of nitrogens with one attached hydrogen (secondary N) is 1. The predicted octanol–water partition coefficient (Wildman–Crippen LogP) is 5.85. The van der Waals surface area contributed by atoms with Gasteiger partial charge in [-0.1, -0.05) is 56.5 Å². The van der Waals surface area contributed by atoms with Gasteiger partial charge in [0.25, 0.3) is 5.91 Å². The fourth-order valence-electron chi connectivity index (χ4n) is 5.78. The van der Waals surface area contributed by atoms with Crippen molar-refractivity contribution in [2.45, 2.75) is 64.0 Å². The molecular weight excluding hydrogens is 502 g/mol. The minimum Gasteiger partial charge on any atom is -0.497 e. The van der Waals surface area contributed by atoms with Crippen LogP contribution in [-0.2, 0) is 11.3 Å². The lowest BCUT2D eigenvalue weighted by Gasteiger charge is -2.23. The fraction of sp³-hybridized carbons (Fsp3) is 0.355. The number of tetrazole rings is 1. The van der Waals surface area contributed by atoms with Gasteiger partial charge < -0.3 is 4.74 Å². The highest BCUT2D eigenvalue weighted by molar-refractivity contribution is 6.08. The second-order valence-electron chi connectivity index (χ2n) is 10.5. The van der Waals surface area contributed by atoms with Gasteiger partial charge in [0, 0.05) is 29.8 Å². The van der Waals surface area contributed by atoms with Crippen LogP contribution in [0.4, 0.5) is 0 Å². The van der Waals surface area contributed by atoms with E-state index in [-0.39, 0.29) is 5.91 Å². The monoisotopic (exact) mass is 535 g/mol. The molecule has 1 aliphatic carbocycles. The Morgan fingerprint density at radius 1 is 1.00 bits per heavy atom. The van der Waals surface area contributed by atoms with Crippen LogP contribution in [0.15, 0.2) is 65.8 Å². The normalized spacial score (nSPS) is 16.1. The minimum atomic E-state index is -0.517. The van der Waals surface area contributed by atoms with Crippen LogP contribution in [0, 0.1) is 0 Å². The molecule has 204 valence electrons. The molecule has 2 aromatic heterocycles. The number of benzene rings is 2. The number of methoxy groups -OCH3 is 1. The van der Waals surface area contributed by atoms with Gasteiger partial charge in [0.1, 0.15) is 17.1 Å². The lowest BCUT2D eigenvalue weighted by Crippen LogP contribution is -2.40. The van der Waals surface area contributed by atoms with Gasteiger partial charge in [-0.15, -0.1) is 10.2 Å². The van der Waals surface area contributed by atoms with Crippen LogP contribution in [0.25, 0.3) is 33.8 Å². The number of aliphatic imine (C=N–C) groups is 1. The van der Waals surface area contributed by atoms with Gasteiger partial charge in [-0.3, -0.25) is 19.7 Å². The first kappa shape index (κ1) is 25.9. The van der Waals surface area contributed by atoms with Gasteiger partial charge in [-0.05, 0) is 59.4 Å². The van der Waals surface area contributed by atoms with Crippen molar-refractivity contribution in [1.29, 1.82) is 0 Å². The maximum atomic E-state index is 13.6. The quantitative estimate of drug-likeness (QED) is 0.288. The fourth-order valence-corrected chi connectivity index (χ4v) is 5.78. The van der Waals surface area contributed by atoms with Crippen LogP contribution in [0.3, 0.4) is 0 Å². The lowest BCUT2D eigenvalue weighted by atomic mass is 9.94. The average Bonchev–Trinajstić information content (AvgIpc) is 3.76. The molecule has 0 unspecified atom stereocenters. The zero-order chi connectivity index (χ0) is 27.5. The van der Waals surface area contributed by atoms with Crippen molar-refractivity contribution in [2.75, 3.05) is 7.11 Å². The summed E-state index contributed by atoms with van der Waals surface area (Å²) in [6, 6.07) is 18.2. The number of unbranched alkanes of at least 4 members (excludes halogenated alkanes) is 1. The van der Waals surface area contributed by atoms with Gasteiger partial charge in [0.15, 0.2) is 0 Å². The third-order valence-electron chi connectivity index (χ3n) is 7.96. The number of hydrogen-bond donors (Lipinski definition) is 1. The SMILES string of the molecule is CCCCC1=NC2(CCCC2)C(=O)N1Cc1ccc(-c2cc(-c3cc(OC)ccn3)ccc2-c2nn[nH]n2)cc1. The van der Waals surface area contributed by atoms with Gasteiger partial charge in [-0.2, -0.15) is 5.21 Å². The molecule has 4 aromatic rings.